The van der Waals surface area contributed by atoms with Crippen LogP contribution in [0, 0.1) is 0 Å². The number of hydrogen-bond donors (Lipinski definition) is 1. The molecule has 0 saturated heterocycles. The molecule has 1 atom stereocenters. The van der Waals surface area contributed by atoms with Crippen molar-refractivity contribution in [3.8, 4) is 0 Å². The Balaban J connectivity index is 1.99. The van der Waals surface area contributed by atoms with Crippen molar-refractivity contribution in [3.63, 3.8) is 0 Å². The monoisotopic (exact) mass is 259 g/mol. The van der Waals surface area contributed by atoms with Crippen molar-refractivity contribution in [2.24, 2.45) is 0 Å². The predicted octanol–water partition coefficient (Wildman–Crippen LogP) is 1.67. The van der Waals surface area contributed by atoms with Crippen LogP contribution >= 0.6 is 15.9 Å². The molecule has 1 saturated carbocycles. The molecule has 1 amide bonds. The third kappa shape index (κ3) is 2.12. The van der Waals surface area contributed by atoms with Gasteiger partial charge in [0.1, 0.15) is 0 Å². The van der Waals surface area contributed by atoms with E-state index in [4.69, 9.17) is 4.42 Å². The summed E-state index contributed by atoms with van der Waals surface area (Å²) in [6.07, 6.45) is 2.20. The lowest BCUT2D eigenvalue weighted by molar-refractivity contribution is -0.115. The number of amides is 1. The standard InChI is InChI=1S/C8H10BrN3O2/c1-4(9)6(13)10-8-12-11-7(14-8)5-2-3-5/h4-5H,2-3H2,1H3,(H,10,12,13). The van der Waals surface area contributed by atoms with Crippen LogP contribution in [-0.2, 0) is 4.79 Å². The van der Waals surface area contributed by atoms with Gasteiger partial charge in [0, 0.05) is 5.92 Å². The van der Waals surface area contributed by atoms with Gasteiger partial charge in [0.05, 0.1) is 4.83 Å². The van der Waals surface area contributed by atoms with Crippen LogP contribution in [0.4, 0.5) is 6.01 Å². The van der Waals surface area contributed by atoms with E-state index in [1.165, 1.54) is 0 Å². The van der Waals surface area contributed by atoms with Gasteiger partial charge in [-0.15, -0.1) is 5.10 Å². The summed E-state index contributed by atoms with van der Waals surface area (Å²) in [6.45, 7) is 1.73. The second-order valence-electron chi connectivity index (χ2n) is 3.32. The van der Waals surface area contributed by atoms with Crippen LogP contribution in [0.15, 0.2) is 4.42 Å². The zero-order valence-corrected chi connectivity index (χ0v) is 9.24. The van der Waals surface area contributed by atoms with Crippen LogP contribution in [-0.4, -0.2) is 20.9 Å². The van der Waals surface area contributed by atoms with Crippen LogP contribution in [0.1, 0.15) is 31.6 Å². The molecule has 1 N–H and O–H groups in total. The van der Waals surface area contributed by atoms with Gasteiger partial charge in [-0.3, -0.25) is 10.1 Å². The van der Waals surface area contributed by atoms with E-state index in [0.717, 1.165) is 12.8 Å². The zero-order valence-electron chi connectivity index (χ0n) is 7.66. The fraction of sp³-hybridized carbons (Fsp3) is 0.625. The molecule has 76 valence electrons. The molecule has 1 fully saturated rings. The van der Waals surface area contributed by atoms with Crippen LogP contribution in [0.2, 0.25) is 0 Å². The molecule has 1 aliphatic rings. The quantitative estimate of drug-likeness (QED) is 0.839. The fourth-order valence-corrected chi connectivity index (χ4v) is 1.10. The minimum atomic E-state index is -0.265. The highest BCUT2D eigenvalue weighted by molar-refractivity contribution is 9.10. The first-order chi connectivity index (χ1) is 6.66. The van der Waals surface area contributed by atoms with Crippen molar-refractivity contribution in [1.29, 1.82) is 0 Å². The van der Waals surface area contributed by atoms with Gasteiger partial charge in [0.25, 0.3) is 0 Å². The number of halogens is 1. The van der Waals surface area contributed by atoms with Crippen LogP contribution < -0.4 is 5.32 Å². The molecule has 0 radical (unpaired) electrons. The van der Waals surface area contributed by atoms with Crippen molar-refractivity contribution >= 4 is 27.9 Å². The van der Waals surface area contributed by atoms with E-state index < -0.39 is 0 Å². The number of hydrogen-bond acceptors (Lipinski definition) is 4. The lowest BCUT2D eigenvalue weighted by atomic mass is 10.4. The van der Waals surface area contributed by atoms with E-state index >= 15 is 0 Å². The topological polar surface area (TPSA) is 68.0 Å². The number of nitrogens with zero attached hydrogens (tertiary/aromatic N) is 2. The van der Waals surface area contributed by atoms with Gasteiger partial charge < -0.3 is 4.42 Å². The van der Waals surface area contributed by atoms with Crippen molar-refractivity contribution in [3.05, 3.63) is 5.89 Å². The van der Waals surface area contributed by atoms with Crippen LogP contribution in [0.25, 0.3) is 0 Å². The Bertz CT molecular complexity index is 346. The highest BCUT2D eigenvalue weighted by atomic mass is 79.9. The van der Waals surface area contributed by atoms with E-state index in [-0.39, 0.29) is 16.7 Å². The first-order valence-electron chi connectivity index (χ1n) is 4.45. The maximum atomic E-state index is 11.2. The Hall–Kier alpha value is -0.910. The predicted molar refractivity (Wildman–Crippen MR) is 53.3 cm³/mol. The summed E-state index contributed by atoms with van der Waals surface area (Å²) >= 11 is 3.14. The fourth-order valence-electron chi connectivity index (χ4n) is 0.985. The molecule has 0 spiro atoms. The number of nitrogens with one attached hydrogen (secondary N) is 1. The molecule has 0 aliphatic heterocycles. The van der Waals surface area contributed by atoms with Crippen molar-refractivity contribution in [1.82, 2.24) is 10.2 Å². The van der Waals surface area contributed by atoms with Gasteiger partial charge in [-0.05, 0) is 19.8 Å². The molecular formula is C8H10BrN3O2. The third-order valence-electron chi connectivity index (χ3n) is 1.96. The highest BCUT2D eigenvalue weighted by Crippen LogP contribution is 2.39. The second-order valence-corrected chi connectivity index (χ2v) is 4.70. The van der Waals surface area contributed by atoms with Gasteiger partial charge >= 0.3 is 6.01 Å². The number of rotatable bonds is 3. The molecule has 5 nitrogen and oxygen atoms in total. The summed E-state index contributed by atoms with van der Waals surface area (Å²) in [4.78, 5) is 11.0. The van der Waals surface area contributed by atoms with E-state index in [1.807, 2.05) is 0 Å². The van der Waals surface area contributed by atoms with Gasteiger partial charge in [-0.2, -0.15) is 0 Å². The van der Waals surface area contributed by atoms with Gasteiger partial charge in [0.15, 0.2) is 0 Å². The molecule has 1 aromatic rings. The molecule has 1 heterocycles. The first-order valence-corrected chi connectivity index (χ1v) is 5.36. The number of anilines is 1. The second kappa shape index (κ2) is 3.68. The van der Waals surface area contributed by atoms with Crippen LogP contribution in [0.3, 0.4) is 0 Å². The number of carbonyl (C=O) groups is 1. The molecular weight excluding hydrogens is 250 g/mol. The Morgan fingerprint density at radius 3 is 2.93 bits per heavy atom. The average molecular weight is 260 g/mol. The lowest BCUT2D eigenvalue weighted by Crippen LogP contribution is -2.20. The maximum Gasteiger partial charge on any atom is 0.322 e. The number of carbonyl (C=O) groups excluding carboxylic acids is 1. The van der Waals surface area contributed by atoms with E-state index in [1.54, 1.807) is 6.92 Å². The smallest absolute Gasteiger partial charge is 0.322 e. The van der Waals surface area contributed by atoms with Crippen LogP contribution in [0.5, 0.6) is 0 Å². The van der Waals surface area contributed by atoms with Crippen molar-refractivity contribution in [2.75, 3.05) is 5.32 Å². The molecule has 1 aromatic heterocycles. The summed E-state index contributed by atoms with van der Waals surface area (Å²) in [6, 6.07) is 0.184. The Morgan fingerprint density at radius 2 is 2.36 bits per heavy atom. The summed E-state index contributed by atoms with van der Waals surface area (Å²) < 4.78 is 5.25. The highest BCUT2D eigenvalue weighted by Gasteiger charge is 2.29. The summed E-state index contributed by atoms with van der Waals surface area (Å²) in [5.74, 6) is 0.855. The minimum absolute atomic E-state index is 0.184. The SMILES string of the molecule is CC(Br)C(=O)Nc1nnc(C2CC2)o1. The normalized spacial score (nSPS) is 17.9. The third-order valence-corrected chi connectivity index (χ3v) is 2.37. The van der Waals surface area contributed by atoms with Gasteiger partial charge in [-0.25, -0.2) is 0 Å². The molecule has 0 bridgehead atoms. The molecule has 0 aromatic carbocycles. The summed E-state index contributed by atoms with van der Waals surface area (Å²) in [5.41, 5.74) is 0. The Morgan fingerprint density at radius 1 is 1.64 bits per heavy atom. The van der Waals surface area contributed by atoms with Crippen molar-refractivity contribution < 1.29 is 9.21 Å². The number of aromatic nitrogens is 2. The molecule has 6 heteroatoms. The first kappa shape index (κ1) is 9.64. The average Bonchev–Trinajstić information content (AvgIpc) is 2.88. The molecule has 14 heavy (non-hydrogen) atoms. The Labute approximate surface area is 89.4 Å². The number of alkyl halides is 1. The van der Waals surface area contributed by atoms with E-state index in [9.17, 15) is 4.79 Å². The van der Waals surface area contributed by atoms with Crippen molar-refractivity contribution in [2.45, 2.75) is 30.5 Å². The largest absolute Gasteiger partial charge is 0.408 e. The van der Waals surface area contributed by atoms with Gasteiger partial charge in [0.2, 0.25) is 11.8 Å². The lowest BCUT2D eigenvalue weighted by Gasteiger charge is -2.00. The zero-order chi connectivity index (χ0) is 10.1. The van der Waals surface area contributed by atoms with Gasteiger partial charge in [-0.1, -0.05) is 21.0 Å². The molecule has 2 rings (SSSR count). The summed E-state index contributed by atoms with van der Waals surface area (Å²) in [7, 11) is 0. The molecule has 1 unspecified atom stereocenters. The summed E-state index contributed by atoms with van der Waals surface area (Å²) in [5, 5.41) is 10.1. The molecule has 1 aliphatic carbocycles. The van der Waals surface area contributed by atoms with E-state index in [2.05, 4.69) is 31.4 Å². The maximum absolute atomic E-state index is 11.2. The van der Waals surface area contributed by atoms with E-state index in [0.29, 0.717) is 11.8 Å². The Kier molecular flexibility index (Phi) is 2.54. The minimum Gasteiger partial charge on any atom is -0.408 e.